The maximum atomic E-state index is 4.38. The fourth-order valence-corrected chi connectivity index (χ4v) is 3.45. The highest BCUT2D eigenvalue weighted by molar-refractivity contribution is 5.22. The van der Waals surface area contributed by atoms with Crippen LogP contribution in [0.2, 0.25) is 0 Å². The maximum Gasteiger partial charge on any atom is 0.108 e. The fraction of sp³-hybridized carbons (Fsp3) is 0.407. The molecule has 1 saturated heterocycles. The molecule has 1 heterocycles. The lowest BCUT2D eigenvalue weighted by Gasteiger charge is -2.49. The van der Waals surface area contributed by atoms with E-state index in [1.165, 1.54) is 5.57 Å². The monoisotopic (exact) mass is 407 g/mol. The van der Waals surface area contributed by atoms with Gasteiger partial charge in [-0.05, 0) is 44.9 Å². The Labute approximate surface area is 185 Å². The summed E-state index contributed by atoms with van der Waals surface area (Å²) >= 11 is 0. The van der Waals surface area contributed by atoms with Gasteiger partial charge in [-0.2, -0.15) is 0 Å². The summed E-state index contributed by atoms with van der Waals surface area (Å²) in [6.07, 6.45) is 10.5. The SMILES string of the molecule is C=CC(=C)CCCN1C(=C)N(CCCC(=C)C=C)C(=C)N(CCCC(=C)CC)C1=C. The number of allylic oxidation sites excluding steroid dienone is 5. The van der Waals surface area contributed by atoms with E-state index in [1.54, 1.807) is 0 Å². The van der Waals surface area contributed by atoms with Crippen LogP contribution in [-0.2, 0) is 0 Å². The molecule has 0 aromatic heterocycles. The summed E-state index contributed by atoms with van der Waals surface area (Å²) in [5.74, 6) is 2.83. The largest absolute Gasteiger partial charge is 0.315 e. The second kappa shape index (κ2) is 12.8. The minimum Gasteiger partial charge on any atom is -0.315 e. The van der Waals surface area contributed by atoms with E-state index in [1.807, 2.05) is 12.2 Å². The van der Waals surface area contributed by atoms with Gasteiger partial charge in [-0.15, -0.1) is 0 Å². The molecule has 1 fully saturated rings. The van der Waals surface area contributed by atoms with E-state index in [9.17, 15) is 0 Å². The molecule has 0 N–H and O–H groups in total. The van der Waals surface area contributed by atoms with E-state index < -0.39 is 0 Å². The summed E-state index contributed by atoms with van der Waals surface area (Å²) < 4.78 is 0. The Bertz CT molecular complexity index is 662. The van der Waals surface area contributed by atoms with Gasteiger partial charge in [-0.25, -0.2) is 0 Å². The second-order valence-corrected chi connectivity index (χ2v) is 7.84. The molecule has 0 aromatic carbocycles. The van der Waals surface area contributed by atoms with E-state index in [-0.39, 0.29) is 0 Å². The Kier molecular flexibility index (Phi) is 10.8. The molecule has 1 aliphatic heterocycles. The van der Waals surface area contributed by atoms with Crippen molar-refractivity contribution in [2.75, 3.05) is 19.6 Å². The molecule has 30 heavy (non-hydrogen) atoms. The van der Waals surface area contributed by atoms with Gasteiger partial charge in [0, 0.05) is 19.6 Å². The third-order valence-electron chi connectivity index (χ3n) is 5.62. The van der Waals surface area contributed by atoms with Crippen molar-refractivity contribution in [3.8, 4) is 0 Å². The first-order valence-corrected chi connectivity index (χ1v) is 10.9. The van der Waals surface area contributed by atoms with Crippen molar-refractivity contribution in [2.45, 2.75) is 51.9 Å². The van der Waals surface area contributed by atoms with Gasteiger partial charge >= 0.3 is 0 Å². The molecule has 1 aliphatic rings. The molecule has 0 radical (unpaired) electrons. The maximum absolute atomic E-state index is 4.38. The van der Waals surface area contributed by atoms with E-state index in [2.05, 4.69) is 74.3 Å². The van der Waals surface area contributed by atoms with Gasteiger partial charge in [-0.1, -0.05) is 88.4 Å². The summed E-state index contributed by atoms with van der Waals surface area (Å²) in [5.41, 5.74) is 3.40. The molecule has 0 aromatic rings. The normalized spacial score (nSPS) is 14.2. The van der Waals surface area contributed by atoms with Crippen LogP contribution in [0.25, 0.3) is 0 Å². The molecule has 0 atom stereocenters. The molecule has 1 rings (SSSR count). The van der Waals surface area contributed by atoms with Crippen molar-refractivity contribution < 1.29 is 0 Å². The Morgan fingerprint density at radius 3 is 1.30 bits per heavy atom. The standard InChI is InChI=1S/C27H41N3/c1-10-22(4)16-13-19-28-25(7)29(20-14-17-23(5)11-2)27(9)30(26(28)8)21-15-18-24(6)12-3/h10-11H,1-2,4-9,12-21H2,3H3. The lowest BCUT2D eigenvalue weighted by Crippen LogP contribution is -2.49. The van der Waals surface area contributed by atoms with Crippen molar-refractivity contribution in [3.63, 3.8) is 0 Å². The number of hydrogen-bond acceptors (Lipinski definition) is 3. The quantitative estimate of drug-likeness (QED) is 0.211. The van der Waals surface area contributed by atoms with Gasteiger partial charge in [0.25, 0.3) is 0 Å². The third kappa shape index (κ3) is 7.29. The highest BCUT2D eigenvalue weighted by Gasteiger charge is 2.31. The first kappa shape index (κ1) is 25.4. The third-order valence-corrected chi connectivity index (χ3v) is 5.62. The fourth-order valence-electron chi connectivity index (χ4n) is 3.45. The van der Waals surface area contributed by atoms with E-state index >= 15 is 0 Å². The summed E-state index contributed by atoms with van der Waals surface area (Å²) in [4.78, 5) is 6.65. The Morgan fingerprint density at radius 2 is 1.00 bits per heavy atom. The molecule has 164 valence electrons. The molecular formula is C27H41N3. The molecule has 0 saturated carbocycles. The molecule has 0 bridgehead atoms. The summed E-state index contributed by atoms with van der Waals surface area (Å²) in [5, 5.41) is 0. The van der Waals surface area contributed by atoms with Crippen LogP contribution in [0, 0.1) is 0 Å². The smallest absolute Gasteiger partial charge is 0.108 e. The van der Waals surface area contributed by atoms with E-state index in [0.717, 1.165) is 93.2 Å². The molecule has 0 amide bonds. The summed E-state index contributed by atoms with van der Waals surface area (Å²) in [7, 11) is 0. The molecule has 3 nitrogen and oxygen atoms in total. The van der Waals surface area contributed by atoms with Crippen molar-refractivity contribution in [1.82, 2.24) is 14.7 Å². The Morgan fingerprint density at radius 1 is 0.667 bits per heavy atom. The predicted molar refractivity (Wildman–Crippen MR) is 133 cm³/mol. The van der Waals surface area contributed by atoms with Crippen LogP contribution in [0.5, 0.6) is 0 Å². The first-order valence-electron chi connectivity index (χ1n) is 10.9. The summed E-state index contributed by atoms with van der Waals surface area (Å²) in [6, 6.07) is 0. The molecule has 0 unspecified atom stereocenters. The minimum absolute atomic E-state index is 0.839. The second-order valence-electron chi connectivity index (χ2n) is 7.84. The lowest BCUT2D eigenvalue weighted by molar-refractivity contribution is 0.128. The van der Waals surface area contributed by atoms with Gasteiger partial charge in [0.15, 0.2) is 0 Å². The Hall–Kier alpha value is -2.68. The van der Waals surface area contributed by atoms with Crippen molar-refractivity contribution in [2.24, 2.45) is 0 Å². The van der Waals surface area contributed by atoms with Gasteiger partial charge < -0.3 is 14.7 Å². The van der Waals surface area contributed by atoms with Crippen LogP contribution in [0.1, 0.15) is 51.9 Å². The van der Waals surface area contributed by atoms with Crippen molar-refractivity contribution in [3.05, 3.63) is 99.0 Å². The van der Waals surface area contributed by atoms with Crippen molar-refractivity contribution >= 4 is 0 Å². The van der Waals surface area contributed by atoms with Crippen LogP contribution in [0.15, 0.2) is 99.0 Å². The topological polar surface area (TPSA) is 9.72 Å². The van der Waals surface area contributed by atoms with E-state index in [4.69, 9.17) is 0 Å². The van der Waals surface area contributed by atoms with Crippen LogP contribution in [-0.4, -0.2) is 34.3 Å². The van der Waals surface area contributed by atoms with Gasteiger partial charge in [0.2, 0.25) is 0 Å². The summed E-state index contributed by atoms with van der Waals surface area (Å²) in [6.45, 7) is 37.6. The highest BCUT2D eigenvalue weighted by Crippen LogP contribution is 2.32. The van der Waals surface area contributed by atoms with E-state index in [0.29, 0.717) is 0 Å². The first-order chi connectivity index (χ1) is 14.3. The Balaban J connectivity index is 2.90. The number of rotatable bonds is 15. The zero-order valence-corrected chi connectivity index (χ0v) is 19.2. The molecule has 3 heteroatoms. The zero-order valence-electron chi connectivity index (χ0n) is 19.2. The van der Waals surface area contributed by atoms with Crippen LogP contribution >= 0.6 is 0 Å². The zero-order chi connectivity index (χ0) is 22.7. The average molecular weight is 408 g/mol. The molecule has 0 spiro atoms. The molecular weight excluding hydrogens is 366 g/mol. The number of nitrogens with zero attached hydrogens (tertiary/aromatic N) is 3. The minimum atomic E-state index is 0.839. The highest BCUT2D eigenvalue weighted by atomic mass is 15.5. The molecule has 0 aliphatic carbocycles. The van der Waals surface area contributed by atoms with Crippen LogP contribution in [0.4, 0.5) is 0 Å². The van der Waals surface area contributed by atoms with Gasteiger partial charge in [0.1, 0.15) is 17.5 Å². The predicted octanol–water partition coefficient (Wildman–Crippen LogP) is 7.11. The van der Waals surface area contributed by atoms with Gasteiger partial charge in [-0.3, -0.25) is 0 Å². The van der Waals surface area contributed by atoms with Gasteiger partial charge in [0.05, 0.1) is 0 Å². The lowest BCUT2D eigenvalue weighted by atomic mass is 10.1. The average Bonchev–Trinajstić information content (AvgIpc) is 2.74. The van der Waals surface area contributed by atoms with Crippen LogP contribution in [0.3, 0.4) is 0 Å². The number of hydrogen-bond donors (Lipinski definition) is 0. The van der Waals surface area contributed by atoms with Crippen LogP contribution < -0.4 is 0 Å². The van der Waals surface area contributed by atoms with Crippen molar-refractivity contribution in [1.29, 1.82) is 0 Å².